The van der Waals surface area contributed by atoms with Gasteiger partial charge in [0, 0.05) is 24.8 Å². The van der Waals surface area contributed by atoms with Gasteiger partial charge in [0.2, 0.25) is 0 Å². The van der Waals surface area contributed by atoms with Gasteiger partial charge in [-0.3, -0.25) is 4.79 Å². The maximum atomic E-state index is 14.0. The maximum absolute atomic E-state index is 14.0. The summed E-state index contributed by atoms with van der Waals surface area (Å²) in [5.74, 6) is 0.486. The zero-order valence-electron chi connectivity index (χ0n) is 17.0. The molecule has 9 nitrogen and oxygen atoms in total. The van der Waals surface area contributed by atoms with Gasteiger partial charge in [-0.15, -0.1) is 0 Å². The average Bonchev–Trinajstić information content (AvgIpc) is 3.43. The Morgan fingerprint density at radius 1 is 1.42 bits per heavy atom. The predicted molar refractivity (Wildman–Crippen MR) is 111 cm³/mol. The molecule has 4 rings (SSSR count). The van der Waals surface area contributed by atoms with Crippen molar-refractivity contribution >= 4 is 17.4 Å². The van der Waals surface area contributed by atoms with Crippen molar-refractivity contribution in [1.29, 1.82) is 0 Å². The highest BCUT2D eigenvalue weighted by Gasteiger charge is 2.30. The quantitative estimate of drug-likeness (QED) is 0.519. The minimum atomic E-state index is -1.04. The Labute approximate surface area is 178 Å². The van der Waals surface area contributed by atoms with Crippen LogP contribution in [0.15, 0.2) is 36.7 Å². The van der Waals surface area contributed by atoms with E-state index in [1.165, 1.54) is 22.8 Å². The van der Waals surface area contributed by atoms with Crippen molar-refractivity contribution in [2.45, 2.75) is 25.0 Å². The van der Waals surface area contributed by atoms with Gasteiger partial charge in [0.1, 0.15) is 22.9 Å². The third kappa shape index (κ3) is 4.17. The molecular formula is C21H24FN5O4. The van der Waals surface area contributed by atoms with E-state index in [0.29, 0.717) is 17.2 Å². The molecule has 1 aliphatic rings. The molecule has 1 saturated heterocycles. The third-order valence-corrected chi connectivity index (χ3v) is 5.41. The van der Waals surface area contributed by atoms with Gasteiger partial charge in [-0.1, -0.05) is 0 Å². The summed E-state index contributed by atoms with van der Waals surface area (Å²) in [5.41, 5.74) is 1.38. The van der Waals surface area contributed by atoms with E-state index in [-0.39, 0.29) is 24.0 Å². The molecule has 1 fully saturated rings. The summed E-state index contributed by atoms with van der Waals surface area (Å²) in [6.07, 6.45) is 3.81. The molecule has 10 heteroatoms. The fourth-order valence-electron chi connectivity index (χ4n) is 3.88. The molecule has 3 N–H and O–H groups in total. The van der Waals surface area contributed by atoms with Crippen LogP contribution in [-0.2, 0) is 0 Å². The Morgan fingerprint density at radius 2 is 2.26 bits per heavy atom. The van der Waals surface area contributed by atoms with E-state index >= 15 is 0 Å². The molecule has 1 aromatic carbocycles. The number of methoxy groups -OCH3 is 1. The van der Waals surface area contributed by atoms with E-state index in [4.69, 9.17) is 9.84 Å². The van der Waals surface area contributed by atoms with Crippen molar-refractivity contribution in [3.8, 4) is 5.75 Å². The lowest BCUT2D eigenvalue weighted by molar-refractivity contribution is 0.0803. The molecule has 2 aromatic heterocycles. The number of halogens is 1. The van der Waals surface area contributed by atoms with E-state index in [2.05, 4.69) is 20.3 Å². The van der Waals surface area contributed by atoms with Crippen LogP contribution in [0.5, 0.6) is 5.75 Å². The summed E-state index contributed by atoms with van der Waals surface area (Å²) >= 11 is 0. The number of amides is 1. The van der Waals surface area contributed by atoms with E-state index in [1.807, 2.05) is 0 Å². The van der Waals surface area contributed by atoms with Gasteiger partial charge in [0.25, 0.3) is 5.91 Å². The number of carbonyl (C=O) groups excluding carboxylic acids is 1. The second-order valence-electron chi connectivity index (χ2n) is 7.40. The molecule has 2 atom stereocenters. The molecule has 0 saturated carbocycles. The van der Waals surface area contributed by atoms with Crippen LogP contribution in [0.25, 0.3) is 5.65 Å². The zero-order chi connectivity index (χ0) is 22.0. The number of aromatic nitrogens is 3. The summed E-state index contributed by atoms with van der Waals surface area (Å²) in [7, 11) is 1.56. The summed E-state index contributed by atoms with van der Waals surface area (Å²) in [4.78, 5) is 19.2. The standard InChI is InChI=1S/C21H24FN5O4/c1-31-18-5-4-13(22)9-15(18)17-3-2-7-26(17)19-6-8-27-20(25-19)16(11-24-27)21(30)23-10-14(29)12-28/h4-6,8-9,11,14,17,28-29H,2-3,7,10,12H2,1H3,(H,23,30)/t14?,17-/m1/s1. The van der Waals surface area contributed by atoms with Crippen molar-refractivity contribution < 1.29 is 24.1 Å². The van der Waals surface area contributed by atoms with Crippen LogP contribution in [0.1, 0.15) is 34.8 Å². The maximum Gasteiger partial charge on any atom is 0.256 e. The number of aliphatic hydroxyl groups is 2. The van der Waals surface area contributed by atoms with E-state index < -0.39 is 18.6 Å². The second-order valence-corrected chi connectivity index (χ2v) is 7.40. The molecule has 0 aliphatic carbocycles. The summed E-state index contributed by atoms with van der Waals surface area (Å²) < 4.78 is 20.9. The Hall–Kier alpha value is -3.24. The Morgan fingerprint density at radius 3 is 3.03 bits per heavy atom. The molecule has 31 heavy (non-hydrogen) atoms. The molecule has 1 unspecified atom stereocenters. The number of nitrogens with zero attached hydrogens (tertiary/aromatic N) is 4. The number of carbonyl (C=O) groups is 1. The number of hydrogen-bond donors (Lipinski definition) is 3. The monoisotopic (exact) mass is 429 g/mol. The number of benzene rings is 1. The fraction of sp³-hybridized carbons (Fsp3) is 0.381. The largest absolute Gasteiger partial charge is 0.496 e. The van der Waals surface area contributed by atoms with Crippen LogP contribution in [0, 0.1) is 5.82 Å². The molecule has 0 radical (unpaired) electrons. The van der Waals surface area contributed by atoms with Crippen LogP contribution in [-0.4, -0.2) is 63.6 Å². The van der Waals surface area contributed by atoms with Gasteiger partial charge in [-0.05, 0) is 37.1 Å². The first-order valence-corrected chi connectivity index (χ1v) is 10.0. The second kappa shape index (κ2) is 8.86. The van der Waals surface area contributed by atoms with Gasteiger partial charge in [-0.25, -0.2) is 13.9 Å². The highest BCUT2D eigenvalue weighted by molar-refractivity contribution is 5.99. The highest BCUT2D eigenvalue weighted by atomic mass is 19.1. The van der Waals surface area contributed by atoms with Gasteiger partial charge < -0.3 is 25.2 Å². The van der Waals surface area contributed by atoms with Crippen molar-refractivity contribution in [3.63, 3.8) is 0 Å². The minimum absolute atomic E-state index is 0.0834. The highest BCUT2D eigenvalue weighted by Crippen LogP contribution is 2.39. The molecule has 3 heterocycles. The van der Waals surface area contributed by atoms with Gasteiger partial charge in [0.05, 0.1) is 32.1 Å². The van der Waals surface area contributed by atoms with E-state index in [1.54, 1.807) is 25.4 Å². The smallest absolute Gasteiger partial charge is 0.256 e. The van der Waals surface area contributed by atoms with Crippen LogP contribution in [0.3, 0.4) is 0 Å². The Kier molecular flexibility index (Phi) is 6.01. The molecule has 1 aliphatic heterocycles. The van der Waals surface area contributed by atoms with Crippen LogP contribution >= 0.6 is 0 Å². The number of hydrogen-bond acceptors (Lipinski definition) is 7. The number of aliphatic hydroxyl groups excluding tert-OH is 2. The number of nitrogens with one attached hydrogen (secondary N) is 1. The van der Waals surface area contributed by atoms with Crippen molar-refractivity contribution in [3.05, 3.63) is 53.6 Å². The van der Waals surface area contributed by atoms with Crippen LogP contribution in [0.2, 0.25) is 0 Å². The molecule has 3 aromatic rings. The predicted octanol–water partition coefficient (Wildman–Crippen LogP) is 1.30. The summed E-state index contributed by atoms with van der Waals surface area (Å²) in [6.45, 7) is 0.198. The first-order valence-electron chi connectivity index (χ1n) is 10.0. The van der Waals surface area contributed by atoms with Crippen molar-refractivity contribution in [2.75, 3.05) is 31.7 Å². The lowest BCUT2D eigenvalue weighted by Gasteiger charge is -2.27. The first kappa shape index (κ1) is 21.0. The topological polar surface area (TPSA) is 112 Å². The molecule has 1 amide bonds. The zero-order valence-corrected chi connectivity index (χ0v) is 17.0. The summed E-state index contributed by atoms with van der Waals surface area (Å²) in [5, 5.41) is 25.1. The fourth-order valence-corrected chi connectivity index (χ4v) is 3.88. The third-order valence-electron chi connectivity index (χ3n) is 5.41. The number of rotatable bonds is 7. The van der Waals surface area contributed by atoms with Gasteiger partial charge in [-0.2, -0.15) is 5.10 Å². The number of ether oxygens (including phenoxy) is 1. The lowest BCUT2D eigenvalue weighted by Crippen LogP contribution is -2.33. The number of anilines is 1. The van der Waals surface area contributed by atoms with E-state index in [9.17, 15) is 14.3 Å². The van der Waals surface area contributed by atoms with Crippen molar-refractivity contribution in [1.82, 2.24) is 19.9 Å². The normalized spacial score (nSPS) is 17.2. The lowest BCUT2D eigenvalue weighted by atomic mass is 10.0. The molecule has 164 valence electrons. The number of fused-ring (bicyclic) bond motifs is 1. The Balaban J connectivity index is 1.65. The van der Waals surface area contributed by atoms with Gasteiger partial charge >= 0.3 is 0 Å². The molecule has 0 bridgehead atoms. The Bertz CT molecular complexity index is 1090. The SMILES string of the molecule is COc1ccc(F)cc1[C@H]1CCCN1c1ccn2ncc(C(=O)NCC(O)CO)c2n1. The van der Waals surface area contributed by atoms with Gasteiger partial charge in [0.15, 0.2) is 5.65 Å². The van der Waals surface area contributed by atoms with Crippen LogP contribution < -0.4 is 15.0 Å². The molecular weight excluding hydrogens is 405 g/mol. The van der Waals surface area contributed by atoms with Crippen LogP contribution in [0.4, 0.5) is 10.2 Å². The average molecular weight is 429 g/mol. The van der Waals surface area contributed by atoms with E-state index in [0.717, 1.165) is 24.9 Å². The first-order chi connectivity index (χ1) is 15.0. The van der Waals surface area contributed by atoms with Crippen molar-refractivity contribution in [2.24, 2.45) is 0 Å². The molecule has 0 spiro atoms. The summed E-state index contributed by atoms with van der Waals surface area (Å²) in [6, 6.07) is 6.18. The minimum Gasteiger partial charge on any atom is -0.496 e.